The number of H-pyrrole nitrogens is 1. The van der Waals surface area contributed by atoms with Crippen molar-refractivity contribution in [2.24, 2.45) is 0 Å². The normalized spacial score (nSPS) is 21.5. The number of halogens is 1. The number of hydrogen-bond acceptors (Lipinski definition) is 3. The first kappa shape index (κ1) is 11.0. The maximum atomic E-state index is 11.3. The molecule has 1 aliphatic heterocycles. The standard InChI is InChI=1S/C10H13ClN2OS/c11-6-7-5-9(14)13-10(12-7)8-3-1-2-4-15-8/h5,8H,1-4,6H2,(H,12,13,14). The van der Waals surface area contributed by atoms with Crippen LogP contribution < -0.4 is 5.56 Å². The molecule has 0 aliphatic carbocycles. The van der Waals surface area contributed by atoms with Crippen LogP contribution in [-0.4, -0.2) is 15.7 Å². The van der Waals surface area contributed by atoms with Crippen molar-refractivity contribution in [3.63, 3.8) is 0 Å². The van der Waals surface area contributed by atoms with Crippen molar-refractivity contribution >= 4 is 23.4 Å². The van der Waals surface area contributed by atoms with Crippen molar-refractivity contribution in [1.82, 2.24) is 9.97 Å². The van der Waals surface area contributed by atoms with Gasteiger partial charge >= 0.3 is 0 Å². The largest absolute Gasteiger partial charge is 0.310 e. The number of thioether (sulfide) groups is 1. The van der Waals surface area contributed by atoms with E-state index in [4.69, 9.17) is 11.6 Å². The molecule has 0 aromatic carbocycles. The second kappa shape index (κ2) is 5.03. The molecule has 15 heavy (non-hydrogen) atoms. The molecule has 0 amide bonds. The molecule has 2 heterocycles. The highest BCUT2D eigenvalue weighted by Crippen LogP contribution is 2.36. The summed E-state index contributed by atoms with van der Waals surface area (Å²) < 4.78 is 0. The predicted octanol–water partition coefficient (Wildman–Crippen LogP) is 2.47. The molecule has 1 atom stereocenters. The van der Waals surface area contributed by atoms with E-state index in [0.29, 0.717) is 16.8 Å². The molecule has 3 nitrogen and oxygen atoms in total. The van der Waals surface area contributed by atoms with Crippen LogP contribution in [0.1, 0.15) is 36.0 Å². The van der Waals surface area contributed by atoms with Crippen LogP contribution in [0.25, 0.3) is 0 Å². The zero-order valence-electron chi connectivity index (χ0n) is 8.33. The van der Waals surface area contributed by atoms with Crippen molar-refractivity contribution in [3.05, 3.63) is 27.9 Å². The summed E-state index contributed by atoms with van der Waals surface area (Å²) in [7, 11) is 0. The number of nitrogens with zero attached hydrogens (tertiary/aromatic N) is 1. The lowest BCUT2D eigenvalue weighted by Crippen LogP contribution is -2.15. The highest BCUT2D eigenvalue weighted by atomic mass is 35.5. The molecule has 0 bridgehead atoms. The number of rotatable bonds is 2. The quantitative estimate of drug-likeness (QED) is 0.813. The summed E-state index contributed by atoms with van der Waals surface area (Å²) in [5.74, 6) is 2.25. The minimum absolute atomic E-state index is 0.0955. The molecule has 0 spiro atoms. The van der Waals surface area contributed by atoms with Crippen molar-refractivity contribution in [1.29, 1.82) is 0 Å². The van der Waals surface area contributed by atoms with Gasteiger partial charge in [-0.25, -0.2) is 4.98 Å². The Morgan fingerprint density at radius 3 is 3.13 bits per heavy atom. The summed E-state index contributed by atoms with van der Waals surface area (Å²) in [4.78, 5) is 18.5. The molecule has 1 unspecified atom stereocenters. The van der Waals surface area contributed by atoms with Gasteiger partial charge < -0.3 is 4.98 Å². The molecular weight excluding hydrogens is 232 g/mol. The Hall–Kier alpha value is -0.480. The third kappa shape index (κ3) is 2.75. The molecule has 2 rings (SSSR count). The van der Waals surface area contributed by atoms with E-state index in [9.17, 15) is 4.79 Å². The molecule has 1 N–H and O–H groups in total. The maximum absolute atomic E-state index is 11.3. The van der Waals surface area contributed by atoms with Crippen LogP contribution in [0, 0.1) is 0 Å². The highest BCUT2D eigenvalue weighted by Gasteiger charge is 2.18. The van der Waals surface area contributed by atoms with Crippen LogP contribution in [-0.2, 0) is 5.88 Å². The minimum Gasteiger partial charge on any atom is -0.310 e. The van der Waals surface area contributed by atoms with Crippen LogP contribution >= 0.6 is 23.4 Å². The van der Waals surface area contributed by atoms with Crippen molar-refractivity contribution < 1.29 is 0 Å². The first-order chi connectivity index (χ1) is 7.29. The predicted molar refractivity (Wildman–Crippen MR) is 63.5 cm³/mol. The van der Waals surface area contributed by atoms with Gasteiger partial charge in [0.25, 0.3) is 5.56 Å². The number of nitrogens with one attached hydrogen (secondary N) is 1. The van der Waals surface area contributed by atoms with Crippen molar-refractivity contribution in [3.8, 4) is 0 Å². The molecule has 1 saturated heterocycles. The summed E-state index contributed by atoms with van der Waals surface area (Å²) in [6.45, 7) is 0. The fourth-order valence-electron chi connectivity index (χ4n) is 1.71. The molecule has 0 radical (unpaired) electrons. The Morgan fingerprint density at radius 2 is 2.47 bits per heavy atom. The van der Waals surface area contributed by atoms with E-state index in [2.05, 4.69) is 9.97 Å². The second-order valence-electron chi connectivity index (χ2n) is 3.61. The van der Waals surface area contributed by atoms with Crippen molar-refractivity contribution in [2.75, 3.05) is 5.75 Å². The van der Waals surface area contributed by atoms with Crippen LogP contribution in [0.3, 0.4) is 0 Å². The minimum atomic E-state index is -0.0955. The first-order valence-corrected chi connectivity index (χ1v) is 6.65. The van der Waals surface area contributed by atoms with Gasteiger partial charge in [0, 0.05) is 6.07 Å². The van der Waals surface area contributed by atoms with Gasteiger partial charge in [0.2, 0.25) is 0 Å². The van der Waals surface area contributed by atoms with Crippen molar-refractivity contribution in [2.45, 2.75) is 30.4 Å². The van der Waals surface area contributed by atoms with Gasteiger partial charge in [-0.05, 0) is 18.6 Å². The van der Waals surface area contributed by atoms with Gasteiger partial charge in [0.15, 0.2) is 0 Å². The van der Waals surface area contributed by atoms with E-state index < -0.39 is 0 Å². The summed E-state index contributed by atoms with van der Waals surface area (Å²) in [5.41, 5.74) is 0.573. The fraction of sp³-hybridized carbons (Fsp3) is 0.600. The van der Waals surface area contributed by atoms with E-state index in [1.165, 1.54) is 18.9 Å². The van der Waals surface area contributed by atoms with Gasteiger partial charge in [-0.1, -0.05) is 6.42 Å². The van der Waals surface area contributed by atoms with Gasteiger partial charge in [-0.15, -0.1) is 11.6 Å². The van der Waals surface area contributed by atoms with E-state index in [1.54, 1.807) is 0 Å². The van der Waals surface area contributed by atoms with E-state index >= 15 is 0 Å². The fourth-order valence-corrected chi connectivity index (χ4v) is 3.10. The average molecular weight is 245 g/mol. The number of aromatic nitrogens is 2. The molecule has 5 heteroatoms. The molecule has 0 saturated carbocycles. The monoisotopic (exact) mass is 244 g/mol. The van der Waals surface area contributed by atoms with E-state index in [1.807, 2.05) is 11.8 Å². The summed E-state index contributed by atoms with van der Waals surface area (Å²) in [6.07, 6.45) is 3.58. The Balaban J connectivity index is 2.26. The van der Waals surface area contributed by atoms with Crippen LogP contribution in [0.5, 0.6) is 0 Å². The Morgan fingerprint density at radius 1 is 1.60 bits per heavy atom. The molecule has 82 valence electrons. The number of hydrogen-bond donors (Lipinski definition) is 1. The molecular formula is C10H13ClN2OS. The topological polar surface area (TPSA) is 45.8 Å². The van der Waals surface area contributed by atoms with E-state index in [0.717, 1.165) is 18.0 Å². The summed E-state index contributed by atoms with van der Waals surface area (Å²) in [6, 6.07) is 1.46. The van der Waals surface area contributed by atoms with Crippen LogP contribution in [0.15, 0.2) is 10.9 Å². The zero-order valence-corrected chi connectivity index (χ0v) is 9.90. The van der Waals surface area contributed by atoms with Crippen LogP contribution in [0.2, 0.25) is 0 Å². The highest BCUT2D eigenvalue weighted by molar-refractivity contribution is 7.99. The van der Waals surface area contributed by atoms with Gasteiger partial charge in [-0.2, -0.15) is 11.8 Å². The van der Waals surface area contributed by atoms with E-state index in [-0.39, 0.29) is 5.56 Å². The summed E-state index contributed by atoms with van der Waals surface area (Å²) in [5, 5.41) is 0.342. The average Bonchev–Trinajstić information content (AvgIpc) is 2.29. The number of aromatic amines is 1. The molecule has 1 aromatic rings. The van der Waals surface area contributed by atoms with Gasteiger partial charge in [0.05, 0.1) is 16.8 Å². The number of alkyl halides is 1. The SMILES string of the molecule is O=c1cc(CCl)nc(C2CCCCS2)[nH]1. The molecule has 1 fully saturated rings. The lowest BCUT2D eigenvalue weighted by Gasteiger charge is -2.20. The lowest BCUT2D eigenvalue weighted by atomic mass is 10.2. The molecule has 1 aromatic heterocycles. The first-order valence-electron chi connectivity index (χ1n) is 5.07. The Bertz CT molecular complexity index is 387. The Labute approximate surface area is 97.6 Å². The smallest absolute Gasteiger partial charge is 0.251 e. The zero-order chi connectivity index (χ0) is 10.7. The van der Waals surface area contributed by atoms with Crippen LogP contribution in [0.4, 0.5) is 0 Å². The maximum Gasteiger partial charge on any atom is 0.251 e. The second-order valence-corrected chi connectivity index (χ2v) is 5.19. The Kier molecular flexibility index (Phi) is 3.70. The third-order valence-electron chi connectivity index (χ3n) is 2.43. The van der Waals surface area contributed by atoms with Gasteiger partial charge in [0.1, 0.15) is 5.82 Å². The summed E-state index contributed by atoms with van der Waals surface area (Å²) >= 11 is 7.56. The molecule has 1 aliphatic rings. The third-order valence-corrected chi connectivity index (χ3v) is 4.09. The van der Waals surface area contributed by atoms with Gasteiger partial charge in [-0.3, -0.25) is 4.79 Å². The lowest BCUT2D eigenvalue weighted by molar-refractivity contribution is 0.657.